The fraction of sp³-hybridized carbons (Fsp3) is 1.00. The van der Waals surface area contributed by atoms with E-state index in [1.807, 2.05) is 13.8 Å². The standard InChI is InChI=1S/C14H27NO.C2H6/c1-12(2)15-10-8-14(9-11-15)16-13-6-4-3-5-7-13;1-2/h12-14H,3-11H2,1-2H3;1-2H3. The van der Waals surface area contributed by atoms with E-state index in [1.165, 1.54) is 58.0 Å². The summed E-state index contributed by atoms with van der Waals surface area (Å²) in [6.45, 7) is 11.1. The summed E-state index contributed by atoms with van der Waals surface area (Å²) in [5.74, 6) is 0. The third kappa shape index (κ3) is 5.27. The van der Waals surface area contributed by atoms with Crippen LogP contribution in [-0.2, 0) is 4.74 Å². The monoisotopic (exact) mass is 255 g/mol. The van der Waals surface area contributed by atoms with Gasteiger partial charge in [0, 0.05) is 19.1 Å². The summed E-state index contributed by atoms with van der Waals surface area (Å²) in [5.41, 5.74) is 0. The summed E-state index contributed by atoms with van der Waals surface area (Å²) in [4.78, 5) is 2.57. The van der Waals surface area contributed by atoms with Gasteiger partial charge in [0.15, 0.2) is 0 Å². The zero-order valence-corrected chi connectivity index (χ0v) is 13.0. The summed E-state index contributed by atoms with van der Waals surface area (Å²) in [6.07, 6.45) is 10.4. The van der Waals surface area contributed by atoms with Crippen molar-refractivity contribution in [2.75, 3.05) is 13.1 Å². The van der Waals surface area contributed by atoms with Crippen LogP contribution < -0.4 is 0 Å². The van der Waals surface area contributed by atoms with Gasteiger partial charge in [-0.1, -0.05) is 33.1 Å². The van der Waals surface area contributed by atoms with Gasteiger partial charge in [-0.2, -0.15) is 0 Å². The Morgan fingerprint density at radius 1 is 0.833 bits per heavy atom. The fourth-order valence-corrected chi connectivity index (χ4v) is 3.00. The first-order valence-corrected chi connectivity index (χ1v) is 8.15. The number of ether oxygens (including phenoxy) is 1. The Morgan fingerprint density at radius 2 is 1.33 bits per heavy atom. The summed E-state index contributed by atoms with van der Waals surface area (Å²) in [7, 11) is 0. The van der Waals surface area contributed by atoms with Crippen LogP contribution in [0.15, 0.2) is 0 Å². The second-order valence-corrected chi connectivity index (χ2v) is 5.73. The highest BCUT2D eigenvalue weighted by molar-refractivity contribution is 4.76. The van der Waals surface area contributed by atoms with E-state index in [2.05, 4.69) is 18.7 Å². The summed E-state index contributed by atoms with van der Waals surface area (Å²) >= 11 is 0. The molecule has 0 aromatic rings. The minimum atomic E-state index is 0.554. The molecule has 0 radical (unpaired) electrons. The van der Waals surface area contributed by atoms with Crippen molar-refractivity contribution in [3.8, 4) is 0 Å². The van der Waals surface area contributed by atoms with Crippen molar-refractivity contribution in [2.24, 2.45) is 0 Å². The first-order chi connectivity index (χ1) is 8.75. The molecule has 0 amide bonds. The first kappa shape index (κ1) is 16.0. The topological polar surface area (TPSA) is 12.5 Å². The molecule has 2 heteroatoms. The predicted octanol–water partition coefficient (Wildman–Crippen LogP) is 4.23. The van der Waals surface area contributed by atoms with E-state index in [9.17, 15) is 0 Å². The fourth-order valence-electron chi connectivity index (χ4n) is 3.00. The van der Waals surface area contributed by atoms with Crippen molar-refractivity contribution in [1.29, 1.82) is 0 Å². The van der Waals surface area contributed by atoms with Gasteiger partial charge in [0.2, 0.25) is 0 Å². The molecule has 1 aliphatic carbocycles. The summed E-state index contributed by atoms with van der Waals surface area (Å²) in [5, 5.41) is 0. The van der Waals surface area contributed by atoms with Crippen LogP contribution in [0.2, 0.25) is 0 Å². The van der Waals surface area contributed by atoms with E-state index in [0.717, 1.165) is 0 Å². The number of rotatable bonds is 3. The van der Waals surface area contributed by atoms with E-state index < -0.39 is 0 Å². The lowest BCUT2D eigenvalue weighted by atomic mass is 9.97. The third-order valence-electron chi connectivity index (χ3n) is 4.14. The molecule has 1 heterocycles. The van der Waals surface area contributed by atoms with Crippen LogP contribution in [0, 0.1) is 0 Å². The maximum Gasteiger partial charge on any atom is 0.0603 e. The lowest BCUT2D eigenvalue weighted by Crippen LogP contribution is -2.42. The Morgan fingerprint density at radius 3 is 1.83 bits per heavy atom. The van der Waals surface area contributed by atoms with Crippen molar-refractivity contribution < 1.29 is 4.74 Å². The molecule has 0 aromatic heterocycles. The molecule has 1 saturated heterocycles. The van der Waals surface area contributed by atoms with Gasteiger partial charge in [-0.3, -0.25) is 0 Å². The quantitative estimate of drug-likeness (QED) is 0.748. The highest BCUT2D eigenvalue weighted by atomic mass is 16.5. The molecule has 108 valence electrons. The molecule has 2 nitrogen and oxygen atoms in total. The molecule has 2 aliphatic rings. The number of piperidine rings is 1. The number of likely N-dealkylation sites (tertiary alicyclic amines) is 1. The molecule has 18 heavy (non-hydrogen) atoms. The van der Waals surface area contributed by atoms with Crippen molar-refractivity contribution >= 4 is 0 Å². The van der Waals surface area contributed by atoms with Gasteiger partial charge >= 0.3 is 0 Å². The molecule has 2 rings (SSSR count). The Balaban J connectivity index is 0.000000771. The van der Waals surface area contributed by atoms with E-state index in [4.69, 9.17) is 4.74 Å². The first-order valence-electron chi connectivity index (χ1n) is 8.15. The molecule has 0 bridgehead atoms. The van der Waals surface area contributed by atoms with Gasteiger partial charge in [0.1, 0.15) is 0 Å². The normalized spacial score (nSPS) is 23.8. The maximum atomic E-state index is 6.23. The molecular formula is C16H33NO. The van der Waals surface area contributed by atoms with Crippen LogP contribution in [0.4, 0.5) is 0 Å². The van der Waals surface area contributed by atoms with Crippen LogP contribution in [0.5, 0.6) is 0 Å². The van der Waals surface area contributed by atoms with Crippen LogP contribution in [0.25, 0.3) is 0 Å². The maximum absolute atomic E-state index is 6.23. The van der Waals surface area contributed by atoms with E-state index in [1.54, 1.807) is 0 Å². The molecule has 2 fully saturated rings. The van der Waals surface area contributed by atoms with Crippen molar-refractivity contribution in [2.45, 2.75) is 90.9 Å². The van der Waals surface area contributed by atoms with Crippen LogP contribution >= 0.6 is 0 Å². The smallest absolute Gasteiger partial charge is 0.0603 e. The van der Waals surface area contributed by atoms with Gasteiger partial charge in [-0.05, 0) is 39.5 Å². The van der Waals surface area contributed by atoms with Gasteiger partial charge < -0.3 is 9.64 Å². The van der Waals surface area contributed by atoms with Gasteiger partial charge in [0.25, 0.3) is 0 Å². The van der Waals surface area contributed by atoms with Crippen LogP contribution in [0.1, 0.15) is 72.6 Å². The van der Waals surface area contributed by atoms with Gasteiger partial charge in [0.05, 0.1) is 12.2 Å². The van der Waals surface area contributed by atoms with Crippen molar-refractivity contribution in [1.82, 2.24) is 4.90 Å². The zero-order valence-electron chi connectivity index (χ0n) is 13.0. The second kappa shape index (κ2) is 8.92. The molecule has 0 N–H and O–H groups in total. The molecule has 0 unspecified atom stereocenters. The lowest BCUT2D eigenvalue weighted by molar-refractivity contribution is -0.0586. The zero-order chi connectivity index (χ0) is 13.4. The van der Waals surface area contributed by atoms with Crippen molar-refractivity contribution in [3.05, 3.63) is 0 Å². The summed E-state index contributed by atoms with van der Waals surface area (Å²) in [6, 6.07) is 0.704. The predicted molar refractivity (Wildman–Crippen MR) is 79.0 cm³/mol. The molecule has 0 spiro atoms. The van der Waals surface area contributed by atoms with Crippen molar-refractivity contribution in [3.63, 3.8) is 0 Å². The highest BCUT2D eigenvalue weighted by Gasteiger charge is 2.24. The summed E-state index contributed by atoms with van der Waals surface area (Å²) < 4.78 is 6.23. The SMILES string of the molecule is CC.CC(C)N1CCC(OC2CCCCC2)CC1. The minimum Gasteiger partial charge on any atom is -0.375 e. The van der Waals surface area contributed by atoms with E-state index in [0.29, 0.717) is 18.2 Å². The highest BCUT2D eigenvalue weighted by Crippen LogP contribution is 2.25. The largest absolute Gasteiger partial charge is 0.375 e. The molecule has 1 aliphatic heterocycles. The Labute approximate surface area is 114 Å². The molecule has 0 aromatic carbocycles. The number of hydrogen-bond acceptors (Lipinski definition) is 2. The Kier molecular flexibility index (Phi) is 7.92. The Hall–Kier alpha value is -0.0800. The molecule has 0 atom stereocenters. The Bertz CT molecular complexity index is 191. The minimum absolute atomic E-state index is 0.554. The lowest BCUT2D eigenvalue weighted by Gasteiger charge is -2.36. The van der Waals surface area contributed by atoms with E-state index in [-0.39, 0.29) is 0 Å². The second-order valence-electron chi connectivity index (χ2n) is 5.73. The van der Waals surface area contributed by atoms with Gasteiger partial charge in [-0.15, -0.1) is 0 Å². The third-order valence-corrected chi connectivity index (χ3v) is 4.14. The molecule has 1 saturated carbocycles. The van der Waals surface area contributed by atoms with Gasteiger partial charge in [-0.25, -0.2) is 0 Å². The van der Waals surface area contributed by atoms with Crippen LogP contribution in [-0.4, -0.2) is 36.2 Å². The average molecular weight is 255 g/mol. The van der Waals surface area contributed by atoms with E-state index >= 15 is 0 Å². The average Bonchev–Trinajstić information content (AvgIpc) is 2.43. The number of hydrogen-bond donors (Lipinski definition) is 0. The van der Waals surface area contributed by atoms with Crippen LogP contribution in [0.3, 0.4) is 0 Å². The number of nitrogens with zero attached hydrogens (tertiary/aromatic N) is 1. The molecular weight excluding hydrogens is 222 g/mol.